The Morgan fingerprint density at radius 1 is 1.20 bits per heavy atom. The van der Waals surface area contributed by atoms with Crippen molar-refractivity contribution in [1.82, 2.24) is 9.80 Å². The molecule has 0 radical (unpaired) electrons. The molecule has 1 aromatic carbocycles. The molecule has 1 N–H and O–H groups in total. The molecule has 0 aliphatic carbocycles. The number of urea groups is 1. The lowest BCUT2D eigenvalue weighted by molar-refractivity contribution is 0.213. The second-order valence-electron chi connectivity index (χ2n) is 7.83. The summed E-state index contributed by atoms with van der Waals surface area (Å²) in [5.74, 6) is 2.06. The van der Waals surface area contributed by atoms with Crippen LogP contribution < -0.4 is 5.32 Å². The van der Waals surface area contributed by atoms with Gasteiger partial charge in [-0.3, -0.25) is 0 Å². The number of hydrogen-bond donors (Lipinski definition) is 1. The van der Waals surface area contributed by atoms with Crippen molar-refractivity contribution in [1.29, 1.82) is 0 Å². The average molecular weight is 362 g/mol. The van der Waals surface area contributed by atoms with Crippen molar-refractivity contribution >= 4 is 23.5 Å². The Balaban J connectivity index is 1.56. The van der Waals surface area contributed by atoms with E-state index >= 15 is 0 Å². The Bertz CT molecular complexity index is 576. The van der Waals surface area contributed by atoms with Crippen LogP contribution in [0.25, 0.3) is 0 Å². The molecule has 0 unspecified atom stereocenters. The van der Waals surface area contributed by atoms with Gasteiger partial charge in [-0.1, -0.05) is 26.0 Å². The predicted molar refractivity (Wildman–Crippen MR) is 106 cm³/mol. The van der Waals surface area contributed by atoms with E-state index in [1.807, 2.05) is 29.4 Å². The maximum absolute atomic E-state index is 12.7. The number of carbonyl (C=O) groups excluding carboxylic acids is 1. The SMILES string of the molecule is CSc1ccccc1NC(=O)N1C[C@H]2CCN(CC(C)C)CC[C@H]2C1. The minimum atomic E-state index is 0.0635. The number of hydrogen-bond acceptors (Lipinski definition) is 3. The summed E-state index contributed by atoms with van der Waals surface area (Å²) in [6, 6.07) is 8.10. The minimum absolute atomic E-state index is 0.0635. The number of nitrogens with one attached hydrogen (secondary N) is 1. The number of rotatable bonds is 4. The van der Waals surface area contributed by atoms with Crippen LogP contribution in [0.1, 0.15) is 26.7 Å². The number of likely N-dealkylation sites (tertiary alicyclic amines) is 2. The van der Waals surface area contributed by atoms with Crippen LogP contribution in [-0.4, -0.2) is 54.8 Å². The second kappa shape index (κ2) is 8.45. The van der Waals surface area contributed by atoms with Crippen LogP contribution in [0.5, 0.6) is 0 Å². The van der Waals surface area contributed by atoms with Gasteiger partial charge in [-0.25, -0.2) is 4.79 Å². The van der Waals surface area contributed by atoms with Crippen molar-refractivity contribution in [3.63, 3.8) is 0 Å². The van der Waals surface area contributed by atoms with Crippen molar-refractivity contribution in [2.24, 2.45) is 17.8 Å². The molecule has 3 rings (SSSR count). The Kier molecular flexibility index (Phi) is 6.29. The zero-order chi connectivity index (χ0) is 17.8. The van der Waals surface area contributed by atoms with Gasteiger partial charge in [-0.2, -0.15) is 0 Å². The van der Waals surface area contributed by atoms with Crippen LogP contribution in [0, 0.1) is 17.8 Å². The highest BCUT2D eigenvalue weighted by Crippen LogP contribution is 2.33. The molecule has 1 aromatic rings. The number of thioether (sulfide) groups is 1. The molecule has 2 aliphatic heterocycles. The number of amides is 2. The monoisotopic (exact) mass is 361 g/mol. The fourth-order valence-corrected chi connectivity index (χ4v) is 4.76. The second-order valence-corrected chi connectivity index (χ2v) is 8.68. The van der Waals surface area contributed by atoms with E-state index in [-0.39, 0.29) is 6.03 Å². The normalized spacial score (nSPS) is 24.2. The largest absolute Gasteiger partial charge is 0.324 e. The Morgan fingerprint density at radius 2 is 1.84 bits per heavy atom. The molecule has 0 aromatic heterocycles. The van der Waals surface area contributed by atoms with E-state index in [0.717, 1.165) is 29.6 Å². The summed E-state index contributed by atoms with van der Waals surface area (Å²) in [4.78, 5) is 18.5. The number of para-hydroxylation sites is 1. The molecule has 0 bridgehead atoms. The molecule has 0 spiro atoms. The molecular formula is C20H31N3OS. The zero-order valence-electron chi connectivity index (χ0n) is 15.7. The molecule has 2 aliphatic rings. The number of anilines is 1. The highest BCUT2D eigenvalue weighted by atomic mass is 32.2. The molecule has 0 saturated carbocycles. The lowest BCUT2D eigenvalue weighted by atomic mass is 9.92. The van der Waals surface area contributed by atoms with Crippen LogP contribution in [0.3, 0.4) is 0 Å². The van der Waals surface area contributed by atoms with Crippen molar-refractivity contribution in [2.75, 3.05) is 44.3 Å². The molecule has 4 nitrogen and oxygen atoms in total. The van der Waals surface area contributed by atoms with Crippen LogP contribution in [0.15, 0.2) is 29.2 Å². The molecule has 2 atom stereocenters. The van der Waals surface area contributed by atoms with Crippen LogP contribution in [-0.2, 0) is 0 Å². The van der Waals surface area contributed by atoms with E-state index < -0.39 is 0 Å². The highest BCUT2D eigenvalue weighted by Gasteiger charge is 2.36. The van der Waals surface area contributed by atoms with Crippen molar-refractivity contribution in [2.45, 2.75) is 31.6 Å². The number of benzene rings is 1. The molecule has 138 valence electrons. The van der Waals surface area contributed by atoms with E-state index in [9.17, 15) is 4.79 Å². The summed E-state index contributed by atoms with van der Waals surface area (Å²) < 4.78 is 0. The van der Waals surface area contributed by atoms with Gasteiger partial charge in [0, 0.05) is 24.5 Å². The first-order valence-electron chi connectivity index (χ1n) is 9.48. The standard InChI is InChI=1S/C20H31N3OS/c1-15(2)12-22-10-8-16-13-23(14-17(16)9-11-22)20(24)21-18-6-4-5-7-19(18)25-3/h4-7,15-17H,8-14H2,1-3H3,(H,21,24)/t16-,17+. The molecule has 25 heavy (non-hydrogen) atoms. The lowest BCUT2D eigenvalue weighted by Gasteiger charge is -2.23. The molecule has 2 saturated heterocycles. The summed E-state index contributed by atoms with van der Waals surface area (Å²) in [6.45, 7) is 9.98. The maximum atomic E-state index is 12.7. The Morgan fingerprint density at radius 3 is 2.44 bits per heavy atom. The van der Waals surface area contributed by atoms with Crippen molar-refractivity contribution in [3.8, 4) is 0 Å². The molecule has 5 heteroatoms. The number of fused-ring (bicyclic) bond motifs is 1. The highest BCUT2D eigenvalue weighted by molar-refractivity contribution is 7.98. The van der Waals surface area contributed by atoms with Gasteiger partial charge in [-0.15, -0.1) is 11.8 Å². The third-order valence-corrected chi connectivity index (χ3v) is 6.26. The van der Waals surface area contributed by atoms with Crippen molar-refractivity contribution < 1.29 is 4.79 Å². The van der Waals surface area contributed by atoms with Crippen LogP contribution >= 0.6 is 11.8 Å². The predicted octanol–water partition coefficient (Wildman–Crippen LogP) is 4.24. The summed E-state index contributed by atoms with van der Waals surface area (Å²) in [7, 11) is 0. The third-order valence-electron chi connectivity index (χ3n) is 5.47. The van der Waals surface area contributed by atoms with E-state index in [1.54, 1.807) is 11.8 Å². The van der Waals surface area contributed by atoms with E-state index in [1.165, 1.54) is 32.5 Å². The summed E-state index contributed by atoms with van der Waals surface area (Å²) in [6.07, 6.45) is 4.49. The van der Waals surface area contributed by atoms with Gasteiger partial charge < -0.3 is 15.1 Å². The van der Waals surface area contributed by atoms with Gasteiger partial charge >= 0.3 is 6.03 Å². The zero-order valence-corrected chi connectivity index (χ0v) is 16.5. The Labute approximate surface area is 156 Å². The first-order valence-corrected chi connectivity index (χ1v) is 10.7. The summed E-state index contributed by atoms with van der Waals surface area (Å²) in [5, 5.41) is 3.12. The number of nitrogens with zero attached hydrogens (tertiary/aromatic N) is 2. The first-order chi connectivity index (χ1) is 12.1. The third kappa shape index (κ3) is 4.70. The van der Waals surface area contributed by atoms with Crippen LogP contribution in [0.2, 0.25) is 0 Å². The first kappa shape index (κ1) is 18.6. The summed E-state index contributed by atoms with van der Waals surface area (Å²) >= 11 is 1.67. The van der Waals surface area contributed by atoms with Gasteiger partial charge in [0.2, 0.25) is 0 Å². The van der Waals surface area contributed by atoms with Gasteiger partial charge in [-0.05, 0) is 62.1 Å². The van der Waals surface area contributed by atoms with Gasteiger partial charge in [0.15, 0.2) is 0 Å². The smallest absolute Gasteiger partial charge is 0.321 e. The van der Waals surface area contributed by atoms with E-state index in [2.05, 4.69) is 30.1 Å². The van der Waals surface area contributed by atoms with E-state index in [4.69, 9.17) is 0 Å². The van der Waals surface area contributed by atoms with Crippen LogP contribution in [0.4, 0.5) is 10.5 Å². The quantitative estimate of drug-likeness (QED) is 0.815. The molecule has 2 amide bonds. The topological polar surface area (TPSA) is 35.6 Å². The fourth-order valence-electron chi connectivity index (χ4n) is 4.21. The summed E-state index contributed by atoms with van der Waals surface area (Å²) in [5.41, 5.74) is 0.926. The lowest BCUT2D eigenvalue weighted by Crippen LogP contribution is -2.35. The minimum Gasteiger partial charge on any atom is -0.324 e. The van der Waals surface area contributed by atoms with E-state index in [0.29, 0.717) is 11.8 Å². The fraction of sp³-hybridized carbons (Fsp3) is 0.650. The van der Waals surface area contributed by atoms with Gasteiger partial charge in [0.25, 0.3) is 0 Å². The Hall–Kier alpha value is -1.20. The van der Waals surface area contributed by atoms with Crippen molar-refractivity contribution in [3.05, 3.63) is 24.3 Å². The van der Waals surface area contributed by atoms with Gasteiger partial charge in [0.05, 0.1) is 5.69 Å². The maximum Gasteiger partial charge on any atom is 0.321 e. The van der Waals surface area contributed by atoms with Gasteiger partial charge in [0.1, 0.15) is 0 Å². The molecule has 2 fully saturated rings. The average Bonchev–Trinajstić information content (AvgIpc) is 2.92. The molecule has 2 heterocycles. The number of carbonyl (C=O) groups is 1. The molecular weight excluding hydrogens is 330 g/mol.